The van der Waals surface area contributed by atoms with Crippen LogP contribution in [0.3, 0.4) is 0 Å². The first-order chi connectivity index (χ1) is 9.28. The fourth-order valence-electron chi connectivity index (χ4n) is 1.82. The predicted molar refractivity (Wildman–Crippen MR) is 80.1 cm³/mol. The van der Waals surface area contributed by atoms with Crippen LogP contribution < -0.4 is 38.9 Å². The number of carbonyl (C=O) groups excluding carboxylic acids is 1. The van der Waals surface area contributed by atoms with E-state index in [1.165, 1.54) is 5.30 Å². The van der Waals surface area contributed by atoms with Gasteiger partial charge in [-0.25, -0.2) is 0 Å². The Labute approximate surface area is 134 Å². The Balaban J connectivity index is 0.00000200. The van der Waals surface area contributed by atoms with Crippen molar-refractivity contribution in [3.63, 3.8) is 0 Å². The van der Waals surface area contributed by atoms with E-state index in [4.69, 9.17) is 9.47 Å². The monoisotopic (exact) mass is 282 g/mol. The number of benzene rings is 2. The van der Waals surface area contributed by atoms with E-state index in [0.717, 1.165) is 11.6 Å². The predicted octanol–water partition coefficient (Wildman–Crippen LogP) is -0.738. The Morgan fingerprint density at radius 2 is 1.55 bits per heavy atom. The standard InChI is InChI=1S/C15H15O3P.Li.H/c1-17-14-8-12(9-15(18-2)13(14)10-16)19-11-6-4-3-5-7-11;;/h3-10,19H,1-2H3;;/q;+1;-1. The quantitative estimate of drug-likeness (QED) is 0.412. The van der Waals surface area contributed by atoms with Crippen LogP contribution in [0.2, 0.25) is 0 Å². The fraction of sp³-hybridized carbons (Fsp3) is 0.133. The molecule has 0 saturated carbocycles. The number of rotatable bonds is 5. The van der Waals surface area contributed by atoms with Gasteiger partial charge in [0.2, 0.25) is 0 Å². The summed E-state index contributed by atoms with van der Waals surface area (Å²) in [7, 11) is 3.60. The zero-order valence-corrected chi connectivity index (χ0v) is 12.8. The fourth-order valence-corrected chi connectivity index (χ4v) is 2.91. The molecule has 0 saturated heterocycles. The summed E-state index contributed by atoms with van der Waals surface area (Å²) in [6, 6.07) is 13.9. The van der Waals surface area contributed by atoms with Crippen LogP contribution in [0, 0.1) is 0 Å². The first-order valence-corrected chi connectivity index (χ1v) is 6.81. The molecule has 3 nitrogen and oxygen atoms in total. The molecule has 2 aromatic carbocycles. The van der Waals surface area contributed by atoms with Gasteiger partial charge in [-0.2, -0.15) is 0 Å². The van der Waals surface area contributed by atoms with Crippen molar-refractivity contribution in [2.24, 2.45) is 0 Å². The molecule has 0 bridgehead atoms. The van der Waals surface area contributed by atoms with Crippen LogP contribution in [0.4, 0.5) is 0 Å². The van der Waals surface area contributed by atoms with Crippen molar-refractivity contribution in [3.8, 4) is 11.5 Å². The Kier molecular flexibility index (Phi) is 6.82. The minimum absolute atomic E-state index is 0. The van der Waals surface area contributed by atoms with Crippen molar-refractivity contribution in [2.45, 2.75) is 0 Å². The van der Waals surface area contributed by atoms with Crippen molar-refractivity contribution in [1.29, 1.82) is 0 Å². The van der Waals surface area contributed by atoms with E-state index < -0.39 is 0 Å². The topological polar surface area (TPSA) is 35.5 Å². The molecule has 1 unspecified atom stereocenters. The Morgan fingerprint density at radius 3 is 2.00 bits per heavy atom. The van der Waals surface area contributed by atoms with Crippen molar-refractivity contribution in [2.75, 3.05) is 14.2 Å². The van der Waals surface area contributed by atoms with Gasteiger partial charge in [-0.1, -0.05) is 38.9 Å². The third-order valence-corrected chi connectivity index (χ3v) is 3.92. The number of hydrogen-bond acceptors (Lipinski definition) is 3. The molecule has 0 amide bonds. The van der Waals surface area contributed by atoms with Crippen molar-refractivity contribution < 1.29 is 34.6 Å². The summed E-state index contributed by atoms with van der Waals surface area (Å²) >= 11 is 0. The second-order valence-corrected chi connectivity index (χ2v) is 5.31. The maximum atomic E-state index is 11.1. The Hall–Kier alpha value is -1.26. The third kappa shape index (κ3) is 3.87. The Morgan fingerprint density at radius 1 is 1.00 bits per heavy atom. The first kappa shape index (κ1) is 16.8. The van der Waals surface area contributed by atoms with Gasteiger partial charge in [-0.15, -0.1) is 0 Å². The average molecular weight is 282 g/mol. The van der Waals surface area contributed by atoms with Gasteiger partial charge in [-0.05, 0) is 22.7 Å². The summed E-state index contributed by atoms with van der Waals surface area (Å²) in [5, 5.41) is 2.30. The van der Waals surface area contributed by atoms with Gasteiger partial charge < -0.3 is 10.9 Å². The summed E-state index contributed by atoms with van der Waals surface area (Å²) in [5.74, 6) is 1.10. The summed E-state index contributed by atoms with van der Waals surface area (Å²) in [5.41, 5.74) is 0.451. The van der Waals surface area contributed by atoms with E-state index in [-0.39, 0.29) is 20.3 Å². The van der Waals surface area contributed by atoms with Gasteiger partial charge in [0.05, 0.1) is 19.8 Å². The molecule has 2 aromatic rings. The van der Waals surface area contributed by atoms with E-state index in [1.807, 2.05) is 30.3 Å². The van der Waals surface area contributed by atoms with Crippen molar-refractivity contribution in [3.05, 3.63) is 48.0 Å². The molecule has 100 valence electrons. The molecule has 0 radical (unpaired) electrons. The van der Waals surface area contributed by atoms with Gasteiger partial charge >= 0.3 is 18.9 Å². The molecular weight excluding hydrogens is 266 g/mol. The zero-order valence-electron chi connectivity index (χ0n) is 12.8. The molecule has 0 aromatic heterocycles. The average Bonchev–Trinajstić information content (AvgIpc) is 2.47. The largest absolute Gasteiger partial charge is 1.00 e. The molecule has 0 aliphatic heterocycles. The SMILES string of the molecule is COc1cc(Pc2ccccc2)cc(OC)c1C=O.[H-].[Li+]. The first-order valence-electron chi connectivity index (χ1n) is 5.81. The van der Waals surface area contributed by atoms with Crippen LogP contribution in [0.15, 0.2) is 42.5 Å². The minimum Gasteiger partial charge on any atom is -1.00 e. The molecular formula is C15H16LiO3P. The summed E-state index contributed by atoms with van der Waals surface area (Å²) in [4.78, 5) is 11.1. The molecule has 0 N–H and O–H groups in total. The molecule has 20 heavy (non-hydrogen) atoms. The zero-order chi connectivity index (χ0) is 13.7. The van der Waals surface area contributed by atoms with Crippen LogP contribution in [0.25, 0.3) is 0 Å². The molecule has 0 aliphatic rings. The summed E-state index contributed by atoms with van der Waals surface area (Å²) in [6.07, 6.45) is 0.757. The van der Waals surface area contributed by atoms with Crippen LogP contribution in [-0.2, 0) is 0 Å². The van der Waals surface area contributed by atoms with Crippen molar-refractivity contribution in [1.82, 2.24) is 0 Å². The molecule has 1 atom stereocenters. The molecule has 0 spiro atoms. The van der Waals surface area contributed by atoms with Crippen LogP contribution in [0.1, 0.15) is 11.8 Å². The van der Waals surface area contributed by atoms with Crippen LogP contribution in [-0.4, -0.2) is 20.5 Å². The smallest absolute Gasteiger partial charge is 1.00 e. The molecule has 0 aliphatic carbocycles. The second-order valence-electron chi connectivity index (χ2n) is 3.90. The van der Waals surface area contributed by atoms with Crippen LogP contribution >= 0.6 is 8.58 Å². The van der Waals surface area contributed by atoms with E-state index >= 15 is 0 Å². The molecule has 5 heteroatoms. The third-order valence-electron chi connectivity index (χ3n) is 2.72. The van der Waals surface area contributed by atoms with Crippen molar-refractivity contribution >= 4 is 25.5 Å². The van der Waals surface area contributed by atoms with Gasteiger partial charge in [0.1, 0.15) is 11.5 Å². The van der Waals surface area contributed by atoms with Gasteiger partial charge in [0.15, 0.2) is 6.29 Å². The number of ether oxygens (including phenoxy) is 2. The number of aldehydes is 1. The van der Waals surface area contributed by atoms with Gasteiger partial charge in [0.25, 0.3) is 0 Å². The minimum atomic E-state index is 0. The van der Waals surface area contributed by atoms with E-state index in [2.05, 4.69) is 12.1 Å². The van der Waals surface area contributed by atoms with Gasteiger partial charge in [-0.3, -0.25) is 4.79 Å². The summed E-state index contributed by atoms with van der Waals surface area (Å²) < 4.78 is 10.5. The van der Waals surface area contributed by atoms with E-state index in [9.17, 15) is 4.79 Å². The van der Waals surface area contributed by atoms with E-state index in [1.54, 1.807) is 14.2 Å². The Bertz CT molecular complexity index is 553. The number of carbonyl (C=O) groups is 1. The maximum absolute atomic E-state index is 11.1. The van der Waals surface area contributed by atoms with Crippen LogP contribution in [0.5, 0.6) is 11.5 Å². The van der Waals surface area contributed by atoms with Gasteiger partial charge in [0, 0.05) is 0 Å². The maximum Gasteiger partial charge on any atom is 1.00 e. The number of hydrogen-bond donors (Lipinski definition) is 0. The molecule has 0 heterocycles. The normalized spacial score (nSPS) is 10.1. The molecule has 0 fully saturated rings. The molecule has 2 rings (SSSR count). The summed E-state index contributed by atoms with van der Waals surface area (Å²) in [6.45, 7) is 0. The number of methoxy groups -OCH3 is 2. The van der Waals surface area contributed by atoms with E-state index in [0.29, 0.717) is 25.6 Å². The second kappa shape index (κ2) is 8.12.